The molecule has 0 spiro atoms. The Kier molecular flexibility index (Phi) is 5.90. The van der Waals surface area contributed by atoms with Crippen molar-refractivity contribution in [3.8, 4) is 23.0 Å². The van der Waals surface area contributed by atoms with Gasteiger partial charge in [-0.05, 0) is 42.3 Å². The summed E-state index contributed by atoms with van der Waals surface area (Å²) in [5.74, 6) is 0.0887. The average Bonchev–Trinajstić information content (AvgIpc) is 3.26. The average molecular weight is 436 g/mol. The summed E-state index contributed by atoms with van der Waals surface area (Å²) in [7, 11) is 0. The van der Waals surface area contributed by atoms with Gasteiger partial charge in [0.05, 0.1) is 0 Å². The van der Waals surface area contributed by atoms with E-state index in [0.29, 0.717) is 22.1 Å². The molecule has 2 aromatic carbocycles. The van der Waals surface area contributed by atoms with Crippen molar-refractivity contribution in [1.29, 1.82) is 0 Å². The minimum Gasteiger partial charge on any atom is -0.332 e. The van der Waals surface area contributed by atoms with Gasteiger partial charge in [-0.15, -0.1) is 0 Å². The fourth-order valence-corrected chi connectivity index (χ4v) is 3.10. The van der Waals surface area contributed by atoms with Crippen LogP contribution in [-0.4, -0.2) is 25.8 Å². The number of nitrogens with zero attached hydrogens (tertiary/aromatic N) is 4. The van der Waals surface area contributed by atoms with Crippen LogP contribution in [0, 0.1) is 0 Å². The number of nitrogens with one attached hydrogen (secondary N) is 1. The van der Waals surface area contributed by atoms with Gasteiger partial charge in [0.2, 0.25) is 11.7 Å². The molecule has 0 unspecified atom stereocenters. The highest BCUT2D eigenvalue weighted by atomic mass is 35.5. The number of aryl methyl sites for hydroxylation is 1. The Hall–Kier alpha value is -3.78. The maximum Gasteiger partial charge on any atom is 0.278 e. The first kappa shape index (κ1) is 20.5. The normalized spacial score (nSPS) is 10.8. The molecule has 0 atom stereocenters. The number of carbonyl (C=O) groups is 1. The second-order valence-corrected chi connectivity index (χ2v) is 7.18. The zero-order valence-electron chi connectivity index (χ0n) is 16.6. The third-order valence-electron chi connectivity index (χ3n) is 4.53. The van der Waals surface area contributed by atoms with Crippen molar-refractivity contribution in [2.75, 3.05) is 5.32 Å². The number of rotatable bonds is 6. The number of hydrogen-bond acceptors (Lipinski definition) is 6. The molecule has 0 saturated carbocycles. The highest BCUT2D eigenvalue weighted by molar-refractivity contribution is 6.30. The van der Waals surface area contributed by atoms with Crippen LogP contribution in [0.1, 0.15) is 12.5 Å². The number of carbonyl (C=O) groups excluding carboxylic acids is 1. The molecule has 0 aliphatic carbocycles. The molecule has 9 heteroatoms. The van der Waals surface area contributed by atoms with Crippen LogP contribution in [0.5, 0.6) is 0 Å². The Labute approximate surface area is 182 Å². The van der Waals surface area contributed by atoms with E-state index in [1.165, 1.54) is 17.7 Å². The quantitative estimate of drug-likeness (QED) is 0.494. The molecule has 31 heavy (non-hydrogen) atoms. The maximum atomic E-state index is 12.4. The van der Waals surface area contributed by atoms with Gasteiger partial charge in [-0.25, -0.2) is 4.68 Å². The second-order valence-electron chi connectivity index (χ2n) is 6.75. The van der Waals surface area contributed by atoms with Crippen molar-refractivity contribution < 1.29 is 9.32 Å². The zero-order valence-corrected chi connectivity index (χ0v) is 17.3. The molecule has 1 amide bonds. The second kappa shape index (κ2) is 8.93. The Morgan fingerprint density at radius 2 is 1.94 bits per heavy atom. The molecule has 156 valence electrons. The first-order valence-corrected chi connectivity index (χ1v) is 9.96. The van der Waals surface area contributed by atoms with E-state index in [2.05, 4.69) is 27.5 Å². The Morgan fingerprint density at radius 1 is 1.13 bits per heavy atom. The molecule has 0 bridgehead atoms. The largest absolute Gasteiger partial charge is 0.332 e. The van der Waals surface area contributed by atoms with Gasteiger partial charge in [0.25, 0.3) is 11.4 Å². The van der Waals surface area contributed by atoms with Crippen molar-refractivity contribution in [3.05, 3.63) is 81.6 Å². The fraction of sp³-hybridized carbons (Fsp3) is 0.136. The van der Waals surface area contributed by atoms with Gasteiger partial charge < -0.3 is 9.84 Å². The molecule has 4 aromatic rings. The summed E-state index contributed by atoms with van der Waals surface area (Å²) < 4.78 is 6.33. The lowest BCUT2D eigenvalue weighted by Gasteiger charge is -2.07. The number of hydrogen-bond donors (Lipinski definition) is 1. The van der Waals surface area contributed by atoms with Crippen molar-refractivity contribution in [3.63, 3.8) is 0 Å². The molecule has 8 nitrogen and oxygen atoms in total. The first-order valence-electron chi connectivity index (χ1n) is 9.59. The summed E-state index contributed by atoms with van der Waals surface area (Å²) >= 11 is 6.00. The van der Waals surface area contributed by atoms with Crippen LogP contribution in [0.3, 0.4) is 0 Å². The predicted molar refractivity (Wildman–Crippen MR) is 117 cm³/mol. The molecular formula is C22H18ClN5O3. The minimum absolute atomic E-state index is 0.124. The van der Waals surface area contributed by atoms with E-state index in [1.54, 1.807) is 24.3 Å². The van der Waals surface area contributed by atoms with Crippen molar-refractivity contribution in [1.82, 2.24) is 19.9 Å². The van der Waals surface area contributed by atoms with E-state index in [1.807, 2.05) is 24.3 Å². The van der Waals surface area contributed by atoms with Gasteiger partial charge in [-0.2, -0.15) is 10.1 Å². The third kappa shape index (κ3) is 4.87. The number of benzene rings is 2. The summed E-state index contributed by atoms with van der Waals surface area (Å²) in [5.41, 5.74) is 2.36. The van der Waals surface area contributed by atoms with Crippen LogP contribution in [-0.2, 0) is 17.8 Å². The summed E-state index contributed by atoms with van der Waals surface area (Å²) in [6.45, 7) is 1.80. The molecule has 2 aromatic heterocycles. The van der Waals surface area contributed by atoms with Gasteiger partial charge in [-0.3, -0.25) is 9.59 Å². The molecule has 1 N–H and O–H groups in total. The summed E-state index contributed by atoms with van der Waals surface area (Å²) in [4.78, 5) is 28.9. The highest BCUT2D eigenvalue weighted by Crippen LogP contribution is 2.22. The Balaban J connectivity index is 1.52. The minimum atomic E-state index is -0.421. The number of amides is 1. The molecule has 2 heterocycles. The first-order chi connectivity index (χ1) is 15.0. The molecule has 0 aliphatic rings. The SMILES string of the molecule is CCc1ccc(NC(=O)Cn2nc(-c3nc(-c4cccc(Cl)c4)no3)ccc2=O)cc1. The van der Waals surface area contributed by atoms with Crippen molar-refractivity contribution in [2.24, 2.45) is 0 Å². The number of aromatic nitrogens is 4. The highest BCUT2D eigenvalue weighted by Gasteiger charge is 2.15. The van der Waals surface area contributed by atoms with Gasteiger partial charge in [-0.1, -0.05) is 47.9 Å². The molecule has 0 saturated heterocycles. The van der Waals surface area contributed by atoms with Crippen LogP contribution in [0.25, 0.3) is 23.0 Å². The summed E-state index contributed by atoms with van der Waals surface area (Å²) in [5, 5.41) is 11.4. The fourth-order valence-electron chi connectivity index (χ4n) is 2.91. The van der Waals surface area contributed by atoms with E-state index in [4.69, 9.17) is 16.1 Å². The topological polar surface area (TPSA) is 103 Å². The van der Waals surface area contributed by atoms with Crippen LogP contribution in [0.4, 0.5) is 5.69 Å². The standard InChI is InChI=1S/C22H18ClN5O3/c1-2-14-6-8-17(9-7-14)24-19(29)13-28-20(30)11-10-18(26-28)22-25-21(27-31-22)15-4-3-5-16(23)12-15/h3-12H,2,13H2,1H3,(H,24,29). The number of halogens is 1. The van der Waals surface area contributed by atoms with E-state index in [9.17, 15) is 9.59 Å². The van der Waals surface area contributed by atoms with Crippen LogP contribution < -0.4 is 10.9 Å². The summed E-state index contributed by atoms with van der Waals surface area (Å²) in [6.07, 6.45) is 0.912. The van der Waals surface area contributed by atoms with Crippen LogP contribution in [0.2, 0.25) is 5.02 Å². The van der Waals surface area contributed by atoms with E-state index in [0.717, 1.165) is 11.1 Å². The van der Waals surface area contributed by atoms with Crippen molar-refractivity contribution in [2.45, 2.75) is 19.9 Å². The lowest BCUT2D eigenvalue weighted by molar-refractivity contribution is -0.117. The molecular weight excluding hydrogens is 418 g/mol. The third-order valence-corrected chi connectivity index (χ3v) is 4.77. The molecule has 4 rings (SSSR count). The van der Waals surface area contributed by atoms with E-state index >= 15 is 0 Å². The Morgan fingerprint density at radius 3 is 2.68 bits per heavy atom. The van der Waals surface area contributed by atoms with Crippen LogP contribution in [0.15, 0.2) is 70.0 Å². The monoisotopic (exact) mass is 435 g/mol. The maximum absolute atomic E-state index is 12.4. The molecule has 0 fully saturated rings. The number of anilines is 1. The zero-order chi connectivity index (χ0) is 21.8. The van der Waals surface area contributed by atoms with Crippen LogP contribution >= 0.6 is 11.6 Å². The van der Waals surface area contributed by atoms with Gasteiger partial charge in [0.15, 0.2) is 0 Å². The van der Waals surface area contributed by atoms with Gasteiger partial charge >= 0.3 is 0 Å². The van der Waals surface area contributed by atoms with E-state index < -0.39 is 5.56 Å². The smallest absolute Gasteiger partial charge is 0.278 e. The molecule has 0 radical (unpaired) electrons. The lowest BCUT2D eigenvalue weighted by atomic mass is 10.1. The predicted octanol–water partition coefficient (Wildman–Crippen LogP) is 3.81. The molecule has 0 aliphatic heterocycles. The Bertz CT molecular complexity index is 1280. The van der Waals surface area contributed by atoms with Crippen molar-refractivity contribution >= 4 is 23.2 Å². The van der Waals surface area contributed by atoms with E-state index in [-0.39, 0.29) is 24.0 Å². The van der Waals surface area contributed by atoms with Gasteiger partial charge in [0.1, 0.15) is 12.2 Å². The van der Waals surface area contributed by atoms with Gasteiger partial charge in [0, 0.05) is 22.3 Å². The lowest BCUT2D eigenvalue weighted by Crippen LogP contribution is -2.29. The summed E-state index contributed by atoms with van der Waals surface area (Å²) in [6, 6.07) is 17.3.